The smallest absolute Gasteiger partial charge is 0.127 e. The molecule has 1 aliphatic carbocycles. The third kappa shape index (κ3) is 1.90. The Morgan fingerprint density at radius 3 is 2.50 bits per heavy atom. The molecule has 1 aliphatic rings. The van der Waals surface area contributed by atoms with E-state index < -0.39 is 0 Å². The summed E-state index contributed by atoms with van der Waals surface area (Å²) < 4.78 is 6.35. The van der Waals surface area contributed by atoms with Gasteiger partial charge in [-0.2, -0.15) is 0 Å². The van der Waals surface area contributed by atoms with Crippen LogP contribution in [0.1, 0.15) is 33.1 Å². The van der Waals surface area contributed by atoms with Crippen molar-refractivity contribution in [2.24, 2.45) is 11.1 Å². The van der Waals surface area contributed by atoms with Gasteiger partial charge in [0.25, 0.3) is 0 Å². The summed E-state index contributed by atoms with van der Waals surface area (Å²) in [7, 11) is 0. The highest BCUT2D eigenvalue weighted by molar-refractivity contribution is 5.88. The Morgan fingerprint density at radius 1 is 1.10 bits per heavy atom. The predicted molar refractivity (Wildman–Crippen MR) is 84.0 cm³/mol. The summed E-state index contributed by atoms with van der Waals surface area (Å²) in [6, 6.07) is 14.9. The van der Waals surface area contributed by atoms with Crippen molar-refractivity contribution in [3.63, 3.8) is 0 Å². The van der Waals surface area contributed by atoms with E-state index in [2.05, 4.69) is 56.3 Å². The largest absolute Gasteiger partial charge is 0.489 e. The van der Waals surface area contributed by atoms with Crippen molar-refractivity contribution in [1.82, 2.24) is 0 Å². The lowest BCUT2D eigenvalue weighted by Crippen LogP contribution is -2.62. The van der Waals surface area contributed by atoms with E-state index in [1.165, 1.54) is 10.8 Å². The van der Waals surface area contributed by atoms with Crippen molar-refractivity contribution in [2.45, 2.75) is 45.3 Å². The molecule has 0 aromatic heterocycles. The Morgan fingerprint density at radius 2 is 1.80 bits per heavy atom. The molecule has 0 bridgehead atoms. The minimum absolute atomic E-state index is 0.150. The molecule has 20 heavy (non-hydrogen) atoms. The summed E-state index contributed by atoms with van der Waals surface area (Å²) in [4.78, 5) is 0. The van der Waals surface area contributed by atoms with E-state index in [0.717, 1.165) is 25.0 Å². The number of nitrogens with two attached hydrogens (primary N) is 1. The Balaban J connectivity index is 1.91. The third-order valence-electron chi connectivity index (χ3n) is 5.18. The van der Waals surface area contributed by atoms with Gasteiger partial charge in [0.2, 0.25) is 0 Å². The number of hydrogen-bond donors (Lipinski definition) is 1. The minimum Gasteiger partial charge on any atom is -0.489 e. The van der Waals surface area contributed by atoms with E-state index in [1.807, 2.05) is 0 Å². The summed E-state index contributed by atoms with van der Waals surface area (Å²) in [5.41, 5.74) is 6.41. The molecule has 0 amide bonds. The van der Waals surface area contributed by atoms with Crippen molar-refractivity contribution in [3.05, 3.63) is 42.5 Å². The van der Waals surface area contributed by atoms with Gasteiger partial charge in [-0.15, -0.1) is 0 Å². The summed E-state index contributed by atoms with van der Waals surface area (Å²) in [6.07, 6.45) is 3.38. The molecule has 3 rings (SSSR count). The van der Waals surface area contributed by atoms with Crippen molar-refractivity contribution in [1.29, 1.82) is 0 Å². The van der Waals surface area contributed by atoms with Gasteiger partial charge in [0.1, 0.15) is 11.9 Å². The van der Waals surface area contributed by atoms with Crippen LogP contribution in [0.25, 0.3) is 10.8 Å². The normalized spacial score (nSPS) is 24.4. The molecule has 2 nitrogen and oxygen atoms in total. The third-order valence-corrected chi connectivity index (χ3v) is 5.18. The number of rotatable bonds is 4. The molecule has 1 saturated carbocycles. The molecule has 0 radical (unpaired) electrons. The van der Waals surface area contributed by atoms with E-state index >= 15 is 0 Å². The van der Waals surface area contributed by atoms with Gasteiger partial charge in [-0.3, -0.25) is 0 Å². The van der Waals surface area contributed by atoms with Gasteiger partial charge in [-0.1, -0.05) is 50.2 Å². The van der Waals surface area contributed by atoms with Crippen LogP contribution in [0.3, 0.4) is 0 Å². The van der Waals surface area contributed by atoms with Gasteiger partial charge in [-0.25, -0.2) is 0 Å². The highest BCUT2D eigenvalue weighted by atomic mass is 16.5. The van der Waals surface area contributed by atoms with Crippen LogP contribution in [0, 0.1) is 5.41 Å². The van der Waals surface area contributed by atoms with Crippen LogP contribution < -0.4 is 10.5 Å². The van der Waals surface area contributed by atoms with Crippen LogP contribution in [0.15, 0.2) is 42.5 Å². The molecule has 0 spiro atoms. The Labute approximate surface area is 120 Å². The number of benzene rings is 2. The molecule has 2 atom stereocenters. The van der Waals surface area contributed by atoms with E-state index in [1.54, 1.807) is 0 Å². The zero-order valence-corrected chi connectivity index (χ0v) is 12.3. The fraction of sp³-hybridized carbons (Fsp3) is 0.444. The monoisotopic (exact) mass is 269 g/mol. The van der Waals surface area contributed by atoms with Crippen LogP contribution in [-0.4, -0.2) is 12.1 Å². The molecule has 0 saturated heterocycles. The van der Waals surface area contributed by atoms with Gasteiger partial charge < -0.3 is 10.5 Å². The first-order valence-corrected chi connectivity index (χ1v) is 7.61. The lowest BCUT2D eigenvalue weighted by molar-refractivity contribution is -0.0715. The molecule has 2 aromatic carbocycles. The lowest BCUT2D eigenvalue weighted by Gasteiger charge is -2.53. The maximum absolute atomic E-state index is 6.35. The van der Waals surface area contributed by atoms with Crippen LogP contribution in [0.2, 0.25) is 0 Å². The number of hydrogen-bond acceptors (Lipinski definition) is 2. The molecule has 0 aliphatic heterocycles. The van der Waals surface area contributed by atoms with Crippen LogP contribution in [0.4, 0.5) is 0 Å². The summed E-state index contributed by atoms with van der Waals surface area (Å²) in [6.45, 7) is 4.45. The van der Waals surface area contributed by atoms with E-state index in [0.29, 0.717) is 0 Å². The number of fused-ring (bicyclic) bond motifs is 1. The van der Waals surface area contributed by atoms with Crippen molar-refractivity contribution >= 4 is 10.8 Å². The topological polar surface area (TPSA) is 35.2 Å². The average molecular weight is 269 g/mol. The first-order chi connectivity index (χ1) is 9.71. The Hall–Kier alpha value is -1.54. The molecular formula is C18H23NO. The molecule has 2 aromatic rings. The highest BCUT2D eigenvalue weighted by Gasteiger charge is 2.52. The number of ether oxygens (including phenoxy) is 1. The van der Waals surface area contributed by atoms with Gasteiger partial charge in [0.15, 0.2) is 0 Å². The van der Waals surface area contributed by atoms with Gasteiger partial charge in [-0.05, 0) is 24.3 Å². The Bertz CT molecular complexity index is 598. The SMILES string of the molecule is CCC1(CC)C(N)CC1Oc1cccc2ccccc12. The molecule has 1 fully saturated rings. The van der Waals surface area contributed by atoms with Crippen LogP contribution >= 0.6 is 0 Å². The van der Waals surface area contributed by atoms with Crippen LogP contribution in [-0.2, 0) is 0 Å². The molecule has 2 N–H and O–H groups in total. The highest BCUT2D eigenvalue weighted by Crippen LogP contribution is 2.48. The standard InChI is InChI=1S/C18H23NO/c1-3-18(4-2)16(19)12-17(18)20-15-11-7-9-13-8-5-6-10-14(13)15/h5-11,16-17H,3-4,12,19H2,1-2H3. The predicted octanol–water partition coefficient (Wildman–Crippen LogP) is 4.12. The zero-order chi connectivity index (χ0) is 14.2. The van der Waals surface area contributed by atoms with E-state index in [4.69, 9.17) is 10.5 Å². The maximum atomic E-state index is 6.35. The van der Waals surface area contributed by atoms with Crippen LogP contribution in [0.5, 0.6) is 5.75 Å². The fourth-order valence-electron chi connectivity index (χ4n) is 3.63. The van der Waals surface area contributed by atoms with Crippen molar-refractivity contribution < 1.29 is 4.74 Å². The second-order valence-electron chi connectivity index (χ2n) is 5.87. The fourth-order valence-corrected chi connectivity index (χ4v) is 3.63. The second kappa shape index (κ2) is 5.10. The lowest BCUT2D eigenvalue weighted by atomic mass is 9.59. The average Bonchev–Trinajstić information content (AvgIpc) is 2.48. The minimum atomic E-state index is 0.150. The van der Waals surface area contributed by atoms with Crippen molar-refractivity contribution in [2.75, 3.05) is 0 Å². The maximum Gasteiger partial charge on any atom is 0.127 e. The summed E-state index contributed by atoms with van der Waals surface area (Å²) in [5.74, 6) is 0.992. The molecule has 106 valence electrons. The first-order valence-electron chi connectivity index (χ1n) is 7.61. The summed E-state index contributed by atoms with van der Waals surface area (Å²) in [5, 5.41) is 2.42. The van der Waals surface area contributed by atoms with Gasteiger partial charge in [0, 0.05) is 23.3 Å². The van der Waals surface area contributed by atoms with Gasteiger partial charge in [0.05, 0.1) is 0 Å². The van der Waals surface area contributed by atoms with E-state index in [9.17, 15) is 0 Å². The first kappa shape index (κ1) is 13.4. The van der Waals surface area contributed by atoms with Gasteiger partial charge >= 0.3 is 0 Å². The molecule has 0 heterocycles. The zero-order valence-electron chi connectivity index (χ0n) is 12.3. The molecular weight excluding hydrogens is 246 g/mol. The molecule has 2 heteroatoms. The quantitative estimate of drug-likeness (QED) is 0.906. The van der Waals surface area contributed by atoms with Crippen molar-refractivity contribution in [3.8, 4) is 5.75 Å². The summed E-state index contributed by atoms with van der Waals surface area (Å²) >= 11 is 0. The Kier molecular flexibility index (Phi) is 3.43. The van der Waals surface area contributed by atoms with E-state index in [-0.39, 0.29) is 17.6 Å². The molecule has 2 unspecified atom stereocenters. The second-order valence-corrected chi connectivity index (χ2v) is 5.87.